The molecule has 0 aliphatic rings. The Bertz CT molecular complexity index is 591. The van der Waals surface area contributed by atoms with E-state index >= 15 is 0 Å². The van der Waals surface area contributed by atoms with Gasteiger partial charge in [-0.25, -0.2) is 9.67 Å². The molecule has 0 atom stereocenters. The number of nitrogens with one attached hydrogen (secondary N) is 1. The van der Waals surface area contributed by atoms with Crippen LogP contribution in [-0.4, -0.2) is 46.2 Å². The van der Waals surface area contributed by atoms with E-state index in [0.29, 0.717) is 11.5 Å². The minimum Gasteiger partial charge on any atom is -0.370 e. The van der Waals surface area contributed by atoms with Gasteiger partial charge in [0.25, 0.3) is 5.91 Å². The van der Waals surface area contributed by atoms with Crippen LogP contribution in [0.2, 0.25) is 0 Å². The molecule has 0 spiro atoms. The molecule has 2 heterocycles. The Kier molecular flexibility index (Phi) is 4.34. The molecule has 0 aliphatic carbocycles. The van der Waals surface area contributed by atoms with Gasteiger partial charge in [0, 0.05) is 26.8 Å². The Balaban J connectivity index is 2.21. The molecule has 1 amide bonds. The average Bonchev–Trinajstić information content (AvgIpc) is 2.94. The topological polar surface area (TPSA) is 63.1 Å². The second-order valence-electron chi connectivity index (χ2n) is 4.65. The monoisotopic (exact) mass is 273 g/mol. The number of carbonyl (C=O) groups excluding carboxylic acids is 1. The van der Waals surface area contributed by atoms with Crippen molar-refractivity contribution in [3.63, 3.8) is 0 Å². The van der Waals surface area contributed by atoms with Crippen LogP contribution in [0.15, 0.2) is 30.5 Å². The molecule has 1 N–H and O–H groups in total. The third-order valence-electron chi connectivity index (χ3n) is 2.74. The Morgan fingerprint density at radius 2 is 2.15 bits per heavy atom. The van der Waals surface area contributed by atoms with Gasteiger partial charge in [0.05, 0.1) is 0 Å². The quantitative estimate of drug-likeness (QED) is 0.902. The van der Waals surface area contributed by atoms with E-state index < -0.39 is 0 Å². The van der Waals surface area contributed by atoms with Gasteiger partial charge >= 0.3 is 0 Å². The summed E-state index contributed by atoms with van der Waals surface area (Å²) in [5.41, 5.74) is 0.406. The molecular weight excluding hydrogens is 254 g/mol. The molecule has 0 unspecified atom stereocenters. The summed E-state index contributed by atoms with van der Waals surface area (Å²) < 4.78 is 1.61. The van der Waals surface area contributed by atoms with Crippen molar-refractivity contribution in [1.29, 1.82) is 0 Å². The first-order valence-electron chi connectivity index (χ1n) is 6.60. The average molecular weight is 273 g/mol. The lowest BCUT2D eigenvalue weighted by Gasteiger charge is -2.07. The maximum Gasteiger partial charge on any atom is 0.273 e. The smallest absolute Gasteiger partial charge is 0.273 e. The lowest BCUT2D eigenvalue weighted by Crippen LogP contribution is -2.22. The molecule has 20 heavy (non-hydrogen) atoms. The fourth-order valence-corrected chi connectivity index (χ4v) is 1.70. The zero-order valence-corrected chi connectivity index (χ0v) is 12.0. The van der Waals surface area contributed by atoms with E-state index in [-0.39, 0.29) is 5.91 Å². The summed E-state index contributed by atoms with van der Waals surface area (Å²) >= 11 is 0. The van der Waals surface area contributed by atoms with Gasteiger partial charge < -0.3 is 10.2 Å². The molecule has 0 aliphatic heterocycles. The highest BCUT2D eigenvalue weighted by Crippen LogP contribution is 2.10. The summed E-state index contributed by atoms with van der Waals surface area (Å²) in [6.07, 6.45) is 2.78. The van der Waals surface area contributed by atoms with Gasteiger partial charge in [-0.3, -0.25) is 4.79 Å². The van der Waals surface area contributed by atoms with E-state index in [1.807, 2.05) is 18.2 Å². The molecule has 106 valence electrons. The lowest BCUT2D eigenvalue weighted by molar-refractivity contribution is 0.0821. The van der Waals surface area contributed by atoms with Gasteiger partial charge in [-0.15, -0.1) is 0 Å². The highest BCUT2D eigenvalue weighted by molar-refractivity contribution is 5.91. The highest BCUT2D eigenvalue weighted by Gasteiger charge is 2.12. The number of hydrogen-bond acceptors (Lipinski definition) is 4. The largest absolute Gasteiger partial charge is 0.370 e. The number of anilines is 1. The molecule has 0 bridgehead atoms. The lowest BCUT2D eigenvalue weighted by atomic mass is 10.4. The van der Waals surface area contributed by atoms with Crippen LogP contribution in [0.3, 0.4) is 0 Å². The van der Waals surface area contributed by atoms with Gasteiger partial charge in [-0.1, -0.05) is 13.0 Å². The van der Waals surface area contributed by atoms with E-state index in [1.54, 1.807) is 31.0 Å². The molecule has 2 aromatic heterocycles. The van der Waals surface area contributed by atoms with Gasteiger partial charge in [0.15, 0.2) is 11.5 Å². The zero-order chi connectivity index (χ0) is 14.5. The van der Waals surface area contributed by atoms with Crippen LogP contribution in [0.5, 0.6) is 0 Å². The summed E-state index contributed by atoms with van der Waals surface area (Å²) in [6.45, 7) is 2.98. The van der Waals surface area contributed by atoms with Crippen LogP contribution in [-0.2, 0) is 0 Å². The van der Waals surface area contributed by atoms with E-state index in [4.69, 9.17) is 0 Å². The van der Waals surface area contributed by atoms with Gasteiger partial charge in [0.1, 0.15) is 5.82 Å². The number of aromatic nitrogens is 3. The van der Waals surface area contributed by atoms with Crippen molar-refractivity contribution in [3.05, 3.63) is 36.2 Å². The first-order chi connectivity index (χ1) is 9.61. The molecule has 0 saturated heterocycles. The van der Waals surface area contributed by atoms with Crippen molar-refractivity contribution < 1.29 is 4.79 Å². The normalized spacial score (nSPS) is 10.3. The maximum atomic E-state index is 11.8. The molecule has 0 fully saturated rings. The van der Waals surface area contributed by atoms with Gasteiger partial charge in [-0.05, 0) is 24.6 Å². The zero-order valence-electron chi connectivity index (χ0n) is 12.0. The van der Waals surface area contributed by atoms with Crippen LogP contribution >= 0.6 is 0 Å². The fraction of sp³-hybridized carbons (Fsp3) is 0.357. The molecule has 6 nitrogen and oxygen atoms in total. The molecular formula is C14H19N5O. The van der Waals surface area contributed by atoms with Crippen molar-refractivity contribution in [2.45, 2.75) is 13.3 Å². The maximum absolute atomic E-state index is 11.8. The SMILES string of the molecule is CCCNc1cccc(-n2ccc(C(=O)N(C)C)n2)n1. The number of rotatable bonds is 5. The Morgan fingerprint density at radius 1 is 1.35 bits per heavy atom. The minimum atomic E-state index is -0.121. The first kappa shape index (κ1) is 14.0. The van der Waals surface area contributed by atoms with E-state index in [2.05, 4.69) is 22.3 Å². The molecule has 0 aromatic carbocycles. The number of carbonyl (C=O) groups is 1. The van der Waals surface area contributed by atoms with Crippen LogP contribution in [0.25, 0.3) is 5.82 Å². The summed E-state index contributed by atoms with van der Waals surface area (Å²) in [7, 11) is 3.41. The fourth-order valence-electron chi connectivity index (χ4n) is 1.70. The highest BCUT2D eigenvalue weighted by atomic mass is 16.2. The third kappa shape index (κ3) is 3.14. The Hall–Kier alpha value is -2.37. The van der Waals surface area contributed by atoms with Crippen LogP contribution in [0, 0.1) is 0 Å². The van der Waals surface area contributed by atoms with Crippen LogP contribution in [0.4, 0.5) is 5.82 Å². The summed E-state index contributed by atoms with van der Waals surface area (Å²) in [5, 5.41) is 7.48. The van der Waals surface area contributed by atoms with Gasteiger partial charge in [-0.2, -0.15) is 5.10 Å². The molecule has 2 aromatic rings. The molecule has 6 heteroatoms. The van der Waals surface area contributed by atoms with E-state index in [9.17, 15) is 4.79 Å². The predicted octanol–water partition coefficient (Wildman–Crippen LogP) is 1.79. The summed E-state index contributed by atoms with van der Waals surface area (Å²) in [5.74, 6) is 1.37. The summed E-state index contributed by atoms with van der Waals surface area (Å²) in [4.78, 5) is 17.8. The number of amides is 1. The molecule has 0 radical (unpaired) electrons. The standard InChI is InChI=1S/C14H19N5O/c1-4-9-15-12-6-5-7-13(16-12)19-10-8-11(17-19)14(20)18(2)3/h5-8,10H,4,9H2,1-3H3,(H,15,16). The number of hydrogen-bond donors (Lipinski definition) is 1. The van der Waals surface area contributed by atoms with Crippen LogP contribution in [0.1, 0.15) is 23.8 Å². The summed E-state index contributed by atoms with van der Waals surface area (Å²) in [6, 6.07) is 7.37. The first-order valence-corrected chi connectivity index (χ1v) is 6.60. The second-order valence-corrected chi connectivity index (χ2v) is 4.65. The number of pyridine rings is 1. The minimum absolute atomic E-state index is 0.121. The van der Waals surface area contributed by atoms with Crippen molar-refractivity contribution in [1.82, 2.24) is 19.7 Å². The van der Waals surface area contributed by atoms with Crippen molar-refractivity contribution >= 4 is 11.7 Å². The Labute approximate surface area is 118 Å². The van der Waals surface area contributed by atoms with Crippen molar-refractivity contribution in [2.24, 2.45) is 0 Å². The van der Waals surface area contributed by atoms with E-state index in [0.717, 1.165) is 18.8 Å². The van der Waals surface area contributed by atoms with Crippen LogP contribution < -0.4 is 5.32 Å². The molecule has 2 rings (SSSR count). The Morgan fingerprint density at radius 3 is 2.85 bits per heavy atom. The second kappa shape index (κ2) is 6.18. The van der Waals surface area contributed by atoms with Gasteiger partial charge in [0.2, 0.25) is 0 Å². The van der Waals surface area contributed by atoms with Crippen molar-refractivity contribution in [2.75, 3.05) is 26.0 Å². The van der Waals surface area contributed by atoms with E-state index in [1.165, 1.54) is 4.90 Å². The number of nitrogens with zero attached hydrogens (tertiary/aromatic N) is 4. The third-order valence-corrected chi connectivity index (χ3v) is 2.74. The molecule has 0 saturated carbocycles. The van der Waals surface area contributed by atoms with Crippen molar-refractivity contribution in [3.8, 4) is 5.82 Å². The predicted molar refractivity (Wildman–Crippen MR) is 78.2 cm³/mol.